The van der Waals surface area contributed by atoms with E-state index in [2.05, 4.69) is 9.71 Å². The first kappa shape index (κ1) is 23.1. The topological polar surface area (TPSA) is 88.1 Å². The molecule has 7 nitrogen and oxygen atoms in total. The van der Waals surface area contributed by atoms with E-state index >= 15 is 0 Å². The second kappa shape index (κ2) is 9.54. The molecule has 2 aliphatic rings. The van der Waals surface area contributed by atoms with E-state index in [1.54, 1.807) is 25.3 Å². The van der Waals surface area contributed by atoms with Crippen LogP contribution in [0.5, 0.6) is 5.75 Å². The molecule has 180 valence electrons. The van der Waals surface area contributed by atoms with E-state index in [0.717, 1.165) is 29.7 Å². The largest absolute Gasteiger partial charge is 0.497 e. The molecule has 2 unspecified atom stereocenters. The molecular weight excluding hydrogens is 462 g/mol. The summed E-state index contributed by atoms with van der Waals surface area (Å²) in [6.07, 6.45) is 1.51. The Hall–Kier alpha value is -3.65. The van der Waals surface area contributed by atoms with Gasteiger partial charge in [-0.2, -0.15) is 8.42 Å². The van der Waals surface area contributed by atoms with Crippen molar-refractivity contribution in [3.8, 4) is 5.75 Å². The molecule has 1 fully saturated rings. The van der Waals surface area contributed by atoms with E-state index in [9.17, 15) is 13.2 Å². The van der Waals surface area contributed by atoms with Crippen molar-refractivity contribution >= 4 is 21.8 Å². The van der Waals surface area contributed by atoms with E-state index in [1.807, 2.05) is 65.6 Å². The number of piperidine rings is 1. The summed E-state index contributed by atoms with van der Waals surface area (Å²) in [5, 5.41) is 3.24. The molecule has 0 bridgehead atoms. The highest BCUT2D eigenvalue weighted by molar-refractivity contribution is 7.90. The van der Waals surface area contributed by atoms with Crippen molar-refractivity contribution in [2.75, 3.05) is 20.2 Å². The number of benzene rings is 3. The number of methoxy groups -OCH3 is 1. The Labute approximate surface area is 205 Å². The number of amidine groups is 1. The number of sulfonamides is 1. The van der Waals surface area contributed by atoms with E-state index in [0.29, 0.717) is 24.5 Å². The average molecular weight is 490 g/mol. The van der Waals surface area contributed by atoms with Gasteiger partial charge >= 0.3 is 0 Å². The fourth-order valence-corrected chi connectivity index (χ4v) is 5.99. The van der Waals surface area contributed by atoms with Crippen molar-refractivity contribution in [2.45, 2.75) is 23.8 Å². The molecule has 1 amide bonds. The van der Waals surface area contributed by atoms with Crippen molar-refractivity contribution < 1.29 is 17.9 Å². The number of ether oxygens (including phenoxy) is 1. The molecule has 0 aliphatic carbocycles. The smallest absolute Gasteiger partial charge is 0.285 e. The molecule has 5 rings (SSSR count). The Bertz CT molecular complexity index is 1350. The standard InChI is InChI=1S/C27H27N3O4S/c1-34-22-15-13-20(14-16-22)25(19-8-3-2-4-9-19)28-27(31)21-10-7-17-30(18-21)26-23-11-5-6-12-24(23)35(32,33)29-26/h2-6,8-9,11-16,21,25H,7,10,17-18H2,1H3,(H,28,31). The van der Waals surface area contributed by atoms with Gasteiger partial charge in [0, 0.05) is 18.7 Å². The van der Waals surface area contributed by atoms with Crippen LogP contribution in [0.2, 0.25) is 0 Å². The number of rotatable bonds is 5. The lowest BCUT2D eigenvalue weighted by molar-refractivity contribution is -0.126. The molecule has 1 N–H and O–H groups in total. The average Bonchev–Trinajstić information content (AvgIpc) is 3.18. The van der Waals surface area contributed by atoms with Crippen molar-refractivity contribution in [3.05, 3.63) is 95.6 Å². The third kappa shape index (κ3) is 4.66. The number of likely N-dealkylation sites (tertiary alicyclic amines) is 1. The van der Waals surface area contributed by atoms with Gasteiger partial charge < -0.3 is 15.0 Å². The van der Waals surface area contributed by atoms with Gasteiger partial charge in [0.25, 0.3) is 10.0 Å². The van der Waals surface area contributed by atoms with Gasteiger partial charge in [-0.05, 0) is 48.2 Å². The minimum absolute atomic E-state index is 0.0610. The van der Waals surface area contributed by atoms with E-state index in [1.165, 1.54) is 0 Å². The zero-order chi connectivity index (χ0) is 24.4. The van der Waals surface area contributed by atoms with E-state index in [4.69, 9.17) is 4.74 Å². The van der Waals surface area contributed by atoms with Gasteiger partial charge in [0.15, 0.2) is 5.84 Å². The number of amides is 1. The highest BCUT2D eigenvalue weighted by atomic mass is 32.2. The summed E-state index contributed by atoms with van der Waals surface area (Å²) in [6, 6.07) is 24.1. The van der Waals surface area contributed by atoms with Crippen LogP contribution in [-0.2, 0) is 14.8 Å². The Kier molecular flexibility index (Phi) is 6.30. The van der Waals surface area contributed by atoms with Crippen LogP contribution in [0.15, 0.2) is 88.2 Å². The summed E-state index contributed by atoms with van der Waals surface area (Å²) in [7, 11) is -2.08. The third-order valence-electron chi connectivity index (χ3n) is 6.57. The van der Waals surface area contributed by atoms with E-state index in [-0.39, 0.29) is 22.8 Å². The number of nitrogens with zero attached hydrogens (tertiary/aromatic N) is 2. The quantitative estimate of drug-likeness (QED) is 0.590. The number of hydrogen-bond acceptors (Lipinski definition) is 5. The first-order valence-electron chi connectivity index (χ1n) is 11.6. The maximum atomic E-state index is 13.5. The molecule has 0 aromatic heterocycles. The van der Waals surface area contributed by atoms with Crippen LogP contribution in [0.4, 0.5) is 0 Å². The maximum absolute atomic E-state index is 13.5. The van der Waals surface area contributed by atoms with Crippen molar-refractivity contribution in [1.29, 1.82) is 0 Å². The van der Waals surface area contributed by atoms with Crippen LogP contribution < -0.4 is 10.1 Å². The Morgan fingerprint density at radius 1 is 1.00 bits per heavy atom. The lowest BCUT2D eigenvalue weighted by atomic mass is 9.93. The monoisotopic (exact) mass is 489 g/mol. The van der Waals surface area contributed by atoms with Crippen molar-refractivity contribution in [1.82, 2.24) is 10.2 Å². The molecule has 0 radical (unpaired) electrons. The van der Waals surface area contributed by atoms with Crippen LogP contribution in [-0.4, -0.2) is 45.3 Å². The summed E-state index contributed by atoms with van der Waals surface area (Å²) in [4.78, 5) is 15.7. The zero-order valence-corrected chi connectivity index (χ0v) is 20.2. The molecule has 0 saturated carbocycles. The lowest BCUT2D eigenvalue weighted by Crippen LogP contribution is -2.46. The van der Waals surface area contributed by atoms with Gasteiger partial charge in [0.2, 0.25) is 5.91 Å². The van der Waals surface area contributed by atoms with Crippen molar-refractivity contribution in [2.24, 2.45) is 10.3 Å². The summed E-state index contributed by atoms with van der Waals surface area (Å²) in [6.45, 7) is 1.08. The minimum Gasteiger partial charge on any atom is -0.497 e. The summed E-state index contributed by atoms with van der Waals surface area (Å²) >= 11 is 0. The predicted molar refractivity (Wildman–Crippen MR) is 134 cm³/mol. The second-order valence-corrected chi connectivity index (χ2v) is 10.4. The van der Waals surface area contributed by atoms with Crippen LogP contribution in [0, 0.1) is 5.92 Å². The molecule has 0 spiro atoms. The highest BCUT2D eigenvalue weighted by Gasteiger charge is 2.35. The molecule has 2 heterocycles. The first-order valence-corrected chi connectivity index (χ1v) is 13.1. The summed E-state index contributed by atoms with van der Waals surface area (Å²) in [5.41, 5.74) is 2.55. The minimum atomic E-state index is -3.70. The lowest BCUT2D eigenvalue weighted by Gasteiger charge is -2.34. The molecular formula is C27H27N3O4S. The molecule has 3 aromatic rings. The van der Waals surface area contributed by atoms with Crippen molar-refractivity contribution in [3.63, 3.8) is 0 Å². The van der Waals surface area contributed by atoms with Crippen LogP contribution in [0.1, 0.15) is 35.6 Å². The fourth-order valence-electron chi connectivity index (χ4n) is 4.76. The SMILES string of the molecule is COc1ccc(C(NC(=O)C2CCCN(C3=NS(=O)(=O)c4ccccc43)C2)c2ccccc2)cc1. The van der Waals surface area contributed by atoms with E-state index < -0.39 is 10.0 Å². The third-order valence-corrected chi connectivity index (χ3v) is 7.90. The van der Waals surface area contributed by atoms with Gasteiger partial charge in [-0.25, -0.2) is 0 Å². The molecule has 2 atom stereocenters. The Morgan fingerprint density at radius 3 is 2.43 bits per heavy atom. The number of carbonyl (C=O) groups is 1. The Balaban J connectivity index is 1.37. The van der Waals surface area contributed by atoms with Crippen LogP contribution >= 0.6 is 0 Å². The van der Waals surface area contributed by atoms with Gasteiger partial charge in [0.1, 0.15) is 10.6 Å². The van der Waals surface area contributed by atoms with Gasteiger partial charge in [-0.3, -0.25) is 4.79 Å². The number of carbonyl (C=O) groups excluding carboxylic acids is 1. The molecule has 8 heteroatoms. The predicted octanol–water partition coefficient (Wildman–Crippen LogP) is 3.76. The highest BCUT2D eigenvalue weighted by Crippen LogP contribution is 2.30. The fraction of sp³-hybridized carbons (Fsp3) is 0.259. The molecule has 3 aromatic carbocycles. The first-order chi connectivity index (χ1) is 17.0. The maximum Gasteiger partial charge on any atom is 0.285 e. The molecule has 35 heavy (non-hydrogen) atoms. The number of hydrogen-bond donors (Lipinski definition) is 1. The molecule has 2 aliphatic heterocycles. The van der Waals surface area contributed by atoms with Gasteiger partial charge in [-0.15, -0.1) is 4.40 Å². The Morgan fingerprint density at radius 2 is 1.69 bits per heavy atom. The second-order valence-electron chi connectivity index (χ2n) is 8.80. The van der Waals surface area contributed by atoms with Crippen LogP contribution in [0.3, 0.4) is 0 Å². The zero-order valence-electron chi connectivity index (χ0n) is 19.4. The van der Waals surface area contributed by atoms with Gasteiger partial charge in [0.05, 0.1) is 19.1 Å². The summed E-state index contributed by atoms with van der Waals surface area (Å²) in [5.74, 6) is 0.843. The normalized spacial score (nSPS) is 19.4. The van der Waals surface area contributed by atoms with Crippen LogP contribution in [0.25, 0.3) is 0 Å². The number of fused-ring (bicyclic) bond motifs is 1. The molecule has 1 saturated heterocycles. The summed E-state index contributed by atoms with van der Waals surface area (Å²) < 4.78 is 34.4. The number of nitrogens with one attached hydrogen (secondary N) is 1. The van der Waals surface area contributed by atoms with Gasteiger partial charge in [-0.1, -0.05) is 54.6 Å².